The molecular formula is C15H16Cl2N2O. The number of rotatable bonds is 4. The van der Waals surface area contributed by atoms with Gasteiger partial charge in [0.15, 0.2) is 5.78 Å². The van der Waals surface area contributed by atoms with Gasteiger partial charge in [-0.2, -0.15) is 0 Å². The van der Waals surface area contributed by atoms with Crippen LogP contribution >= 0.6 is 23.2 Å². The summed E-state index contributed by atoms with van der Waals surface area (Å²) in [7, 11) is 0. The van der Waals surface area contributed by atoms with Crippen LogP contribution in [0, 0.1) is 0 Å². The van der Waals surface area contributed by atoms with Crippen LogP contribution < -0.4 is 0 Å². The van der Waals surface area contributed by atoms with Crippen molar-refractivity contribution in [2.45, 2.75) is 32.7 Å². The first-order valence-electron chi connectivity index (χ1n) is 6.43. The molecule has 2 aromatic rings. The van der Waals surface area contributed by atoms with Crippen LogP contribution in [0.2, 0.25) is 10.0 Å². The SMILES string of the molecule is CC(C)c1nccn1C(C)C(=O)c1ccc(Cl)cc1Cl. The summed E-state index contributed by atoms with van der Waals surface area (Å²) in [6, 6.07) is 4.56. The first-order valence-corrected chi connectivity index (χ1v) is 7.19. The molecule has 106 valence electrons. The summed E-state index contributed by atoms with van der Waals surface area (Å²) in [6.45, 7) is 5.94. The highest BCUT2D eigenvalue weighted by Gasteiger charge is 2.22. The van der Waals surface area contributed by atoms with E-state index < -0.39 is 0 Å². The molecule has 0 N–H and O–H groups in total. The molecule has 0 bridgehead atoms. The molecular weight excluding hydrogens is 295 g/mol. The average Bonchev–Trinajstić information content (AvgIpc) is 2.86. The van der Waals surface area contributed by atoms with Gasteiger partial charge in [0.05, 0.1) is 11.1 Å². The summed E-state index contributed by atoms with van der Waals surface area (Å²) in [5, 5.41) is 0.894. The van der Waals surface area contributed by atoms with Gasteiger partial charge < -0.3 is 4.57 Å². The molecule has 1 aromatic carbocycles. The van der Waals surface area contributed by atoms with Gasteiger partial charge in [0.25, 0.3) is 0 Å². The van der Waals surface area contributed by atoms with Crippen LogP contribution in [0.3, 0.4) is 0 Å². The maximum atomic E-state index is 12.6. The zero-order valence-electron chi connectivity index (χ0n) is 11.6. The number of imidazole rings is 1. The molecule has 0 fully saturated rings. The van der Waals surface area contributed by atoms with Gasteiger partial charge in [0, 0.05) is 28.9 Å². The lowest BCUT2D eigenvalue weighted by atomic mass is 10.0. The van der Waals surface area contributed by atoms with E-state index in [1.165, 1.54) is 0 Å². The molecule has 0 aliphatic heterocycles. The number of halogens is 2. The fourth-order valence-electron chi connectivity index (χ4n) is 2.14. The first kappa shape index (κ1) is 15.1. The molecule has 1 unspecified atom stereocenters. The van der Waals surface area contributed by atoms with Crippen molar-refractivity contribution in [1.82, 2.24) is 9.55 Å². The Bertz CT molecular complexity index is 635. The van der Waals surface area contributed by atoms with Crippen molar-refractivity contribution in [3.05, 3.63) is 52.0 Å². The zero-order chi connectivity index (χ0) is 14.9. The van der Waals surface area contributed by atoms with Gasteiger partial charge in [0.1, 0.15) is 5.82 Å². The lowest BCUT2D eigenvalue weighted by molar-refractivity contribution is 0.0933. The smallest absolute Gasteiger partial charge is 0.186 e. The van der Waals surface area contributed by atoms with Gasteiger partial charge in [-0.25, -0.2) is 4.98 Å². The quantitative estimate of drug-likeness (QED) is 0.763. The van der Waals surface area contributed by atoms with E-state index in [-0.39, 0.29) is 17.7 Å². The van der Waals surface area contributed by atoms with Crippen LogP contribution in [0.5, 0.6) is 0 Å². The Hall–Kier alpha value is -1.32. The second kappa shape index (κ2) is 5.98. The maximum Gasteiger partial charge on any atom is 0.186 e. The monoisotopic (exact) mass is 310 g/mol. The Morgan fingerprint density at radius 3 is 2.55 bits per heavy atom. The third kappa shape index (κ3) is 2.89. The van der Waals surface area contributed by atoms with Gasteiger partial charge in [-0.3, -0.25) is 4.79 Å². The highest BCUT2D eigenvalue weighted by molar-refractivity contribution is 6.36. The summed E-state index contributed by atoms with van der Waals surface area (Å²) in [4.78, 5) is 16.9. The number of carbonyl (C=O) groups is 1. The minimum absolute atomic E-state index is 0.0495. The molecule has 1 aromatic heterocycles. The van der Waals surface area contributed by atoms with Crippen LogP contribution in [0.25, 0.3) is 0 Å². The number of nitrogens with zero attached hydrogens (tertiary/aromatic N) is 2. The summed E-state index contributed by atoms with van der Waals surface area (Å²) in [5.41, 5.74) is 0.479. The number of hydrogen-bond acceptors (Lipinski definition) is 2. The van der Waals surface area contributed by atoms with E-state index in [9.17, 15) is 4.79 Å². The van der Waals surface area contributed by atoms with Gasteiger partial charge in [-0.1, -0.05) is 37.0 Å². The van der Waals surface area contributed by atoms with Crippen molar-refractivity contribution >= 4 is 29.0 Å². The number of aromatic nitrogens is 2. The van der Waals surface area contributed by atoms with Crippen molar-refractivity contribution in [2.24, 2.45) is 0 Å². The second-order valence-corrected chi connectivity index (χ2v) is 5.86. The number of hydrogen-bond donors (Lipinski definition) is 0. The minimum atomic E-state index is -0.353. The van der Waals surface area contributed by atoms with E-state index in [4.69, 9.17) is 23.2 Å². The Labute approximate surface area is 128 Å². The molecule has 0 amide bonds. The van der Waals surface area contributed by atoms with Crippen molar-refractivity contribution in [3.8, 4) is 0 Å². The molecule has 1 atom stereocenters. The van der Waals surface area contributed by atoms with E-state index in [1.807, 2.05) is 31.5 Å². The molecule has 5 heteroatoms. The highest BCUT2D eigenvalue weighted by atomic mass is 35.5. The number of carbonyl (C=O) groups excluding carboxylic acids is 1. The number of ketones is 1. The van der Waals surface area contributed by atoms with Crippen molar-refractivity contribution < 1.29 is 4.79 Å². The summed E-state index contributed by atoms with van der Waals surface area (Å²) in [5.74, 6) is 1.09. The average molecular weight is 311 g/mol. The molecule has 0 saturated carbocycles. The Morgan fingerprint density at radius 1 is 1.25 bits per heavy atom. The molecule has 0 saturated heterocycles. The third-order valence-electron chi connectivity index (χ3n) is 3.21. The molecule has 2 rings (SSSR count). The van der Waals surface area contributed by atoms with Crippen molar-refractivity contribution in [2.75, 3.05) is 0 Å². The molecule has 3 nitrogen and oxygen atoms in total. The molecule has 20 heavy (non-hydrogen) atoms. The predicted molar refractivity (Wildman–Crippen MR) is 81.8 cm³/mol. The van der Waals surface area contributed by atoms with Crippen molar-refractivity contribution in [1.29, 1.82) is 0 Å². The van der Waals surface area contributed by atoms with Crippen LogP contribution in [0.15, 0.2) is 30.6 Å². The van der Waals surface area contributed by atoms with Crippen LogP contribution in [0.1, 0.15) is 48.9 Å². The lowest BCUT2D eigenvalue weighted by Crippen LogP contribution is -2.19. The van der Waals surface area contributed by atoms with Gasteiger partial charge >= 0.3 is 0 Å². The summed E-state index contributed by atoms with van der Waals surface area (Å²) >= 11 is 12.0. The molecule has 0 aliphatic rings. The number of Topliss-reactive ketones (excluding diaryl/α,β-unsaturated/α-hetero) is 1. The summed E-state index contributed by atoms with van der Waals surface area (Å²) < 4.78 is 1.89. The minimum Gasteiger partial charge on any atom is -0.324 e. The molecule has 0 spiro atoms. The van der Waals surface area contributed by atoms with E-state index in [0.717, 1.165) is 5.82 Å². The van der Waals surface area contributed by atoms with E-state index in [0.29, 0.717) is 15.6 Å². The molecule has 0 aliphatic carbocycles. The third-order valence-corrected chi connectivity index (χ3v) is 3.76. The molecule has 1 heterocycles. The zero-order valence-corrected chi connectivity index (χ0v) is 13.1. The van der Waals surface area contributed by atoms with Gasteiger partial charge in [-0.05, 0) is 25.1 Å². The largest absolute Gasteiger partial charge is 0.324 e. The number of benzene rings is 1. The van der Waals surface area contributed by atoms with E-state index in [2.05, 4.69) is 4.98 Å². The van der Waals surface area contributed by atoms with Crippen LogP contribution in [0.4, 0.5) is 0 Å². The standard InChI is InChI=1S/C15H16Cl2N2O/c1-9(2)15-18-6-7-19(15)10(3)14(20)12-5-4-11(16)8-13(12)17/h4-10H,1-3H3. The second-order valence-electron chi connectivity index (χ2n) is 5.01. The normalized spacial score (nSPS) is 12.7. The van der Waals surface area contributed by atoms with E-state index >= 15 is 0 Å². The van der Waals surface area contributed by atoms with E-state index in [1.54, 1.807) is 24.4 Å². The van der Waals surface area contributed by atoms with Crippen molar-refractivity contribution in [3.63, 3.8) is 0 Å². The Morgan fingerprint density at radius 2 is 1.95 bits per heavy atom. The lowest BCUT2D eigenvalue weighted by Gasteiger charge is -2.17. The van der Waals surface area contributed by atoms with Gasteiger partial charge in [0.2, 0.25) is 0 Å². The van der Waals surface area contributed by atoms with Crippen LogP contribution in [-0.2, 0) is 0 Å². The fourth-order valence-corrected chi connectivity index (χ4v) is 2.64. The predicted octanol–water partition coefficient (Wildman–Crippen LogP) is 4.76. The molecule has 0 radical (unpaired) electrons. The fraction of sp³-hybridized carbons (Fsp3) is 0.333. The topological polar surface area (TPSA) is 34.9 Å². The van der Waals surface area contributed by atoms with Gasteiger partial charge in [-0.15, -0.1) is 0 Å². The Kier molecular flexibility index (Phi) is 4.51. The maximum absolute atomic E-state index is 12.6. The van der Waals surface area contributed by atoms with Crippen LogP contribution in [-0.4, -0.2) is 15.3 Å². The summed E-state index contributed by atoms with van der Waals surface area (Å²) in [6.07, 6.45) is 3.53. The highest BCUT2D eigenvalue weighted by Crippen LogP contribution is 2.26. The first-order chi connectivity index (χ1) is 9.41. The Balaban J connectivity index is 2.35.